The average molecular weight is 420 g/mol. The molecule has 14 heteroatoms. The molecule has 0 aliphatic carbocycles. The van der Waals surface area contributed by atoms with E-state index in [0.29, 0.717) is 0 Å². The molecule has 0 radical (unpaired) electrons. The van der Waals surface area contributed by atoms with E-state index in [1.165, 1.54) is 0 Å². The molecule has 164 valence electrons. The van der Waals surface area contributed by atoms with E-state index in [4.69, 9.17) is 21.1 Å². The van der Waals surface area contributed by atoms with Crippen molar-refractivity contribution in [3.8, 4) is 0 Å². The second kappa shape index (κ2) is 11.6. The maximum absolute atomic E-state index is 12.3. The Labute approximate surface area is 164 Å². The number of carboxylic acid groups (broad SMARTS) is 3. The fraction of sp³-hybridized carbons (Fsp3) is 0.600. The van der Waals surface area contributed by atoms with Crippen LogP contribution in [0.25, 0.3) is 0 Å². The SMILES string of the molecule is CC(NC(=O)C(CC(=O)O)NC(=O)C(NC(=O)C(N)CC(=O)O)C(C)O)C(=O)O. The molecule has 0 bridgehead atoms. The van der Waals surface area contributed by atoms with Gasteiger partial charge < -0.3 is 42.1 Å². The first kappa shape index (κ1) is 25.7. The first-order chi connectivity index (χ1) is 13.3. The van der Waals surface area contributed by atoms with Crippen LogP contribution in [0.5, 0.6) is 0 Å². The highest BCUT2D eigenvalue weighted by atomic mass is 16.4. The summed E-state index contributed by atoms with van der Waals surface area (Å²) in [6.45, 7) is 2.22. The predicted molar refractivity (Wildman–Crippen MR) is 93.3 cm³/mol. The lowest BCUT2D eigenvalue weighted by Gasteiger charge is -2.25. The third-order valence-corrected chi connectivity index (χ3v) is 3.53. The molecule has 9 N–H and O–H groups in total. The molecule has 0 saturated heterocycles. The summed E-state index contributed by atoms with van der Waals surface area (Å²) in [4.78, 5) is 68.7. The van der Waals surface area contributed by atoms with Crippen LogP contribution in [-0.4, -0.2) is 86.3 Å². The van der Waals surface area contributed by atoms with Crippen LogP contribution in [0.2, 0.25) is 0 Å². The van der Waals surface area contributed by atoms with Crippen molar-refractivity contribution in [1.29, 1.82) is 0 Å². The lowest BCUT2D eigenvalue weighted by atomic mass is 10.1. The van der Waals surface area contributed by atoms with E-state index in [1.807, 2.05) is 16.0 Å². The molecule has 0 aliphatic rings. The molecule has 0 aromatic heterocycles. The summed E-state index contributed by atoms with van der Waals surface area (Å²) in [6.07, 6.45) is -3.19. The summed E-state index contributed by atoms with van der Waals surface area (Å²) in [6, 6.07) is -6.32. The minimum absolute atomic E-state index is 0.753. The predicted octanol–water partition coefficient (Wildman–Crippen LogP) is -3.80. The number of rotatable bonds is 12. The van der Waals surface area contributed by atoms with Gasteiger partial charge in [-0.25, -0.2) is 0 Å². The first-order valence-electron chi connectivity index (χ1n) is 8.27. The van der Waals surface area contributed by atoms with Crippen molar-refractivity contribution >= 4 is 35.6 Å². The number of hydrogen-bond acceptors (Lipinski definition) is 8. The molecule has 5 atom stereocenters. The van der Waals surface area contributed by atoms with E-state index in [9.17, 15) is 33.9 Å². The van der Waals surface area contributed by atoms with Crippen molar-refractivity contribution in [2.24, 2.45) is 5.73 Å². The summed E-state index contributed by atoms with van der Waals surface area (Å²) < 4.78 is 0. The molecule has 0 aromatic rings. The van der Waals surface area contributed by atoms with Crippen molar-refractivity contribution in [1.82, 2.24) is 16.0 Å². The highest BCUT2D eigenvalue weighted by Gasteiger charge is 2.33. The van der Waals surface area contributed by atoms with Gasteiger partial charge in [-0.2, -0.15) is 0 Å². The molecular weight excluding hydrogens is 396 g/mol. The van der Waals surface area contributed by atoms with Gasteiger partial charge in [-0.05, 0) is 13.8 Å². The number of aliphatic hydroxyl groups is 1. The highest BCUT2D eigenvalue weighted by Crippen LogP contribution is 2.01. The Morgan fingerprint density at radius 2 is 1.31 bits per heavy atom. The Bertz CT molecular complexity index is 665. The van der Waals surface area contributed by atoms with Gasteiger partial charge in [0.1, 0.15) is 18.1 Å². The molecule has 0 aliphatic heterocycles. The lowest BCUT2D eigenvalue weighted by Crippen LogP contribution is -2.60. The summed E-state index contributed by atoms with van der Waals surface area (Å²) in [5, 5.41) is 42.1. The highest BCUT2D eigenvalue weighted by molar-refractivity contribution is 5.96. The zero-order valence-corrected chi connectivity index (χ0v) is 15.6. The van der Waals surface area contributed by atoms with Crippen LogP contribution in [0.3, 0.4) is 0 Å². The largest absolute Gasteiger partial charge is 0.481 e. The van der Waals surface area contributed by atoms with E-state index in [-0.39, 0.29) is 0 Å². The summed E-state index contributed by atoms with van der Waals surface area (Å²) in [7, 11) is 0. The van der Waals surface area contributed by atoms with E-state index in [2.05, 4.69) is 0 Å². The van der Waals surface area contributed by atoms with Crippen molar-refractivity contribution in [3.63, 3.8) is 0 Å². The minimum atomic E-state index is -1.72. The second-order valence-electron chi connectivity index (χ2n) is 6.16. The Kier molecular flexibility index (Phi) is 10.3. The van der Waals surface area contributed by atoms with Crippen molar-refractivity contribution < 1.29 is 49.2 Å². The van der Waals surface area contributed by atoms with Crippen molar-refractivity contribution in [3.05, 3.63) is 0 Å². The quantitative estimate of drug-likeness (QED) is 0.152. The Balaban J connectivity index is 5.31. The van der Waals surface area contributed by atoms with Gasteiger partial charge >= 0.3 is 17.9 Å². The summed E-state index contributed by atoms with van der Waals surface area (Å²) in [5.74, 6) is -7.63. The van der Waals surface area contributed by atoms with Crippen molar-refractivity contribution in [2.45, 2.75) is 57.0 Å². The zero-order chi connectivity index (χ0) is 22.9. The second-order valence-corrected chi connectivity index (χ2v) is 6.16. The smallest absolute Gasteiger partial charge is 0.325 e. The fourth-order valence-corrected chi connectivity index (χ4v) is 1.97. The molecular formula is C15H24N4O10. The molecule has 0 spiro atoms. The monoisotopic (exact) mass is 420 g/mol. The normalized spacial score (nSPS) is 15.7. The van der Waals surface area contributed by atoms with Gasteiger partial charge in [0, 0.05) is 0 Å². The Hall–Kier alpha value is -3.26. The number of amides is 3. The molecule has 3 amide bonds. The summed E-state index contributed by atoms with van der Waals surface area (Å²) >= 11 is 0. The maximum Gasteiger partial charge on any atom is 0.325 e. The van der Waals surface area contributed by atoms with Gasteiger partial charge in [0.25, 0.3) is 0 Å². The fourth-order valence-electron chi connectivity index (χ4n) is 1.97. The molecule has 0 heterocycles. The van der Waals surface area contributed by atoms with Gasteiger partial charge in [-0.3, -0.25) is 28.8 Å². The number of carboxylic acids is 3. The number of nitrogens with one attached hydrogen (secondary N) is 3. The third kappa shape index (κ3) is 9.48. The molecule has 14 nitrogen and oxygen atoms in total. The van der Waals surface area contributed by atoms with Crippen LogP contribution in [0.1, 0.15) is 26.7 Å². The number of hydrogen-bond donors (Lipinski definition) is 8. The van der Waals surface area contributed by atoms with Crippen LogP contribution >= 0.6 is 0 Å². The third-order valence-electron chi connectivity index (χ3n) is 3.53. The molecule has 0 aromatic carbocycles. The molecule has 0 saturated carbocycles. The summed E-state index contributed by atoms with van der Waals surface area (Å²) in [5.41, 5.74) is 5.36. The van der Waals surface area contributed by atoms with E-state index >= 15 is 0 Å². The lowest BCUT2D eigenvalue weighted by molar-refractivity contribution is -0.143. The van der Waals surface area contributed by atoms with Crippen molar-refractivity contribution in [2.75, 3.05) is 0 Å². The van der Waals surface area contributed by atoms with E-state index < -0.39 is 78.7 Å². The molecule has 5 unspecified atom stereocenters. The molecule has 29 heavy (non-hydrogen) atoms. The zero-order valence-electron chi connectivity index (χ0n) is 15.6. The number of carbonyl (C=O) groups excluding carboxylic acids is 3. The van der Waals surface area contributed by atoms with Gasteiger partial charge in [0.2, 0.25) is 17.7 Å². The first-order valence-corrected chi connectivity index (χ1v) is 8.27. The van der Waals surface area contributed by atoms with Crippen LogP contribution in [0.15, 0.2) is 0 Å². The van der Waals surface area contributed by atoms with E-state index in [0.717, 1.165) is 13.8 Å². The van der Waals surface area contributed by atoms with Crippen LogP contribution in [0, 0.1) is 0 Å². The van der Waals surface area contributed by atoms with Crippen LogP contribution in [0.4, 0.5) is 0 Å². The minimum Gasteiger partial charge on any atom is -0.481 e. The van der Waals surface area contributed by atoms with Crippen LogP contribution in [-0.2, 0) is 28.8 Å². The number of aliphatic hydroxyl groups excluding tert-OH is 1. The maximum atomic E-state index is 12.3. The van der Waals surface area contributed by atoms with E-state index in [1.54, 1.807) is 0 Å². The number of carbonyl (C=O) groups is 6. The topological polar surface area (TPSA) is 245 Å². The standard InChI is InChI=1S/C15H24N4O10/c1-5(15(28)29)17-13(26)8(4-10(23)24)18-14(27)11(6(2)20)19-12(25)7(16)3-9(21)22/h5-8,11,20H,3-4,16H2,1-2H3,(H,17,26)(H,18,27)(H,19,25)(H,21,22)(H,23,24)(H,28,29). The Morgan fingerprint density at radius 1 is 0.793 bits per heavy atom. The average Bonchev–Trinajstić information content (AvgIpc) is 2.56. The Morgan fingerprint density at radius 3 is 1.72 bits per heavy atom. The van der Waals surface area contributed by atoms with Gasteiger partial charge in [0.15, 0.2) is 0 Å². The molecule has 0 rings (SSSR count). The number of aliphatic carboxylic acids is 3. The molecule has 0 fully saturated rings. The van der Waals surface area contributed by atoms with Gasteiger partial charge in [-0.1, -0.05) is 0 Å². The number of nitrogens with two attached hydrogens (primary N) is 1. The van der Waals surface area contributed by atoms with Gasteiger partial charge in [0.05, 0.1) is 25.0 Å². The van der Waals surface area contributed by atoms with Crippen LogP contribution < -0.4 is 21.7 Å². The van der Waals surface area contributed by atoms with Gasteiger partial charge in [-0.15, -0.1) is 0 Å².